The predicted molar refractivity (Wildman–Crippen MR) is 126 cm³/mol. The van der Waals surface area contributed by atoms with Crippen molar-refractivity contribution in [3.63, 3.8) is 0 Å². The van der Waals surface area contributed by atoms with Crippen molar-refractivity contribution >= 4 is 18.0 Å². The molecular formula is C27H30N2O5. The van der Waals surface area contributed by atoms with Crippen molar-refractivity contribution in [2.45, 2.75) is 44.6 Å². The first-order valence-corrected chi connectivity index (χ1v) is 12.0. The molecule has 5 rings (SSSR count). The number of hydrogen-bond acceptors (Lipinski definition) is 4. The number of carbonyl (C=O) groups is 3. The highest BCUT2D eigenvalue weighted by Crippen LogP contribution is 2.51. The average Bonchev–Trinajstić information content (AvgIpc) is 3.35. The summed E-state index contributed by atoms with van der Waals surface area (Å²) in [4.78, 5) is 38.6. The normalized spacial score (nSPS) is 20.9. The molecule has 1 heterocycles. The third-order valence-electron chi connectivity index (χ3n) is 7.84. The summed E-state index contributed by atoms with van der Waals surface area (Å²) < 4.78 is 5.57. The fraction of sp³-hybridized carbons (Fsp3) is 0.444. The molecule has 1 saturated heterocycles. The highest BCUT2D eigenvalue weighted by atomic mass is 16.5. The SMILES string of the molecule is C[C@@H](CC(=O)N1CC(C(=O)O)C2(CCC2)C1)NC(=O)OCC1c2ccccc2-c2ccccc21. The van der Waals surface area contributed by atoms with E-state index in [1.807, 2.05) is 24.3 Å². The minimum absolute atomic E-state index is 0.0219. The largest absolute Gasteiger partial charge is 0.481 e. The van der Waals surface area contributed by atoms with Crippen LogP contribution in [0.1, 0.15) is 49.7 Å². The molecule has 7 heteroatoms. The number of fused-ring (bicyclic) bond motifs is 3. The Morgan fingerprint density at radius 3 is 2.24 bits per heavy atom. The fourth-order valence-electron chi connectivity index (χ4n) is 5.92. The number of carboxylic acid groups (broad SMARTS) is 1. The van der Waals surface area contributed by atoms with E-state index in [9.17, 15) is 19.5 Å². The van der Waals surface area contributed by atoms with Crippen molar-refractivity contribution in [2.75, 3.05) is 19.7 Å². The zero-order valence-electron chi connectivity index (χ0n) is 19.3. The molecule has 2 fully saturated rings. The summed E-state index contributed by atoms with van der Waals surface area (Å²) >= 11 is 0. The first-order valence-electron chi connectivity index (χ1n) is 12.0. The number of amides is 2. The van der Waals surface area contributed by atoms with E-state index in [1.165, 1.54) is 11.1 Å². The number of carbonyl (C=O) groups excluding carboxylic acids is 2. The van der Waals surface area contributed by atoms with Gasteiger partial charge in [-0.3, -0.25) is 9.59 Å². The molecule has 1 spiro atoms. The lowest BCUT2D eigenvalue weighted by atomic mass is 9.63. The van der Waals surface area contributed by atoms with Crippen LogP contribution >= 0.6 is 0 Å². The summed E-state index contributed by atoms with van der Waals surface area (Å²) in [7, 11) is 0. The highest BCUT2D eigenvalue weighted by Gasteiger charge is 2.54. The van der Waals surface area contributed by atoms with E-state index >= 15 is 0 Å². The van der Waals surface area contributed by atoms with E-state index in [-0.39, 0.29) is 36.8 Å². The van der Waals surface area contributed by atoms with E-state index < -0.39 is 24.0 Å². The lowest BCUT2D eigenvalue weighted by molar-refractivity contribution is -0.146. The van der Waals surface area contributed by atoms with Crippen molar-refractivity contribution < 1.29 is 24.2 Å². The van der Waals surface area contributed by atoms with Crippen LogP contribution in [0.2, 0.25) is 0 Å². The number of benzene rings is 2. The highest BCUT2D eigenvalue weighted by molar-refractivity contribution is 5.81. The summed E-state index contributed by atoms with van der Waals surface area (Å²) in [6.45, 7) is 2.74. The molecule has 1 saturated carbocycles. The number of likely N-dealkylation sites (tertiary alicyclic amines) is 1. The number of aliphatic carboxylic acids is 1. The molecule has 1 aliphatic heterocycles. The maximum atomic E-state index is 12.8. The lowest BCUT2D eigenvalue weighted by Gasteiger charge is -2.40. The van der Waals surface area contributed by atoms with E-state index in [0.29, 0.717) is 6.54 Å². The zero-order valence-corrected chi connectivity index (χ0v) is 19.3. The molecule has 0 radical (unpaired) electrons. The maximum absolute atomic E-state index is 12.8. The molecule has 3 aliphatic rings. The number of hydrogen-bond donors (Lipinski definition) is 2. The Morgan fingerprint density at radius 1 is 1.09 bits per heavy atom. The van der Waals surface area contributed by atoms with Gasteiger partial charge in [0, 0.05) is 36.9 Å². The minimum atomic E-state index is -0.820. The summed E-state index contributed by atoms with van der Waals surface area (Å²) in [6.07, 6.45) is 2.31. The summed E-state index contributed by atoms with van der Waals surface area (Å²) in [5.74, 6) is -1.46. The first kappa shape index (κ1) is 22.4. The zero-order chi connectivity index (χ0) is 23.9. The third-order valence-corrected chi connectivity index (χ3v) is 7.84. The van der Waals surface area contributed by atoms with Gasteiger partial charge in [0.05, 0.1) is 5.92 Å². The van der Waals surface area contributed by atoms with Crippen LogP contribution < -0.4 is 5.32 Å². The van der Waals surface area contributed by atoms with E-state index in [0.717, 1.165) is 30.4 Å². The second kappa shape index (κ2) is 8.78. The molecule has 2 aromatic rings. The van der Waals surface area contributed by atoms with Crippen LogP contribution in [0.25, 0.3) is 11.1 Å². The van der Waals surface area contributed by atoms with Gasteiger partial charge in [-0.05, 0) is 42.0 Å². The number of nitrogens with one attached hydrogen (secondary N) is 1. The van der Waals surface area contributed by atoms with Gasteiger partial charge in [-0.25, -0.2) is 4.79 Å². The van der Waals surface area contributed by atoms with Crippen LogP contribution in [-0.4, -0.2) is 53.7 Å². The average molecular weight is 463 g/mol. The molecule has 1 unspecified atom stereocenters. The molecule has 2 amide bonds. The topological polar surface area (TPSA) is 95.9 Å². The Hall–Kier alpha value is -3.35. The summed E-state index contributed by atoms with van der Waals surface area (Å²) in [6, 6.07) is 15.9. The molecule has 34 heavy (non-hydrogen) atoms. The predicted octanol–water partition coefficient (Wildman–Crippen LogP) is 4.02. The van der Waals surface area contributed by atoms with Crippen molar-refractivity contribution in [2.24, 2.45) is 11.3 Å². The van der Waals surface area contributed by atoms with E-state index in [2.05, 4.69) is 29.6 Å². The van der Waals surface area contributed by atoms with Crippen LogP contribution in [0.5, 0.6) is 0 Å². The number of carboxylic acids is 1. The molecule has 2 aliphatic carbocycles. The second-order valence-corrected chi connectivity index (χ2v) is 9.96. The third kappa shape index (κ3) is 3.93. The van der Waals surface area contributed by atoms with Crippen LogP contribution in [0.4, 0.5) is 4.79 Å². The second-order valence-electron chi connectivity index (χ2n) is 9.96. The molecule has 0 bridgehead atoms. The number of nitrogens with zero attached hydrogens (tertiary/aromatic N) is 1. The Balaban J connectivity index is 1.15. The molecule has 178 valence electrons. The van der Waals surface area contributed by atoms with Gasteiger partial charge in [-0.15, -0.1) is 0 Å². The van der Waals surface area contributed by atoms with Crippen molar-refractivity contribution in [3.8, 4) is 11.1 Å². The van der Waals surface area contributed by atoms with Gasteiger partial charge in [-0.1, -0.05) is 55.0 Å². The van der Waals surface area contributed by atoms with Crippen LogP contribution in [0.3, 0.4) is 0 Å². The monoisotopic (exact) mass is 462 g/mol. The van der Waals surface area contributed by atoms with E-state index in [1.54, 1.807) is 11.8 Å². The Morgan fingerprint density at radius 2 is 1.71 bits per heavy atom. The van der Waals surface area contributed by atoms with Crippen LogP contribution in [-0.2, 0) is 14.3 Å². The van der Waals surface area contributed by atoms with Gasteiger partial charge in [0.1, 0.15) is 6.61 Å². The van der Waals surface area contributed by atoms with Gasteiger partial charge in [0.15, 0.2) is 0 Å². The lowest BCUT2D eigenvalue weighted by Crippen LogP contribution is -2.42. The van der Waals surface area contributed by atoms with E-state index in [4.69, 9.17) is 4.74 Å². The van der Waals surface area contributed by atoms with Gasteiger partial charge in [0.2, 0.25) is 5.91 Å². The van der Waals surface area contributed by atoms with Gasteiger partial charge < -0.3 is 20.1 Å². The fourth-order valence-corrected chi connectivity index (χ4v) is 5.92. The molecule has 2 N–H and O–H groups in total. The smallest absolute Gasteiger partial charge is 0.407 e. The van der Waals surface area contributed by atoms with Crippen molar-refractivity contribution in [1.29, 1.82) is 0 Å². The quantitative estimate of drug-likeness (QED) is 0.676. The maximum Gasteiger partial charge on any atom is 0.407 e. The van der Waals surface area contributed by atoms with Crippen LogP contribution in [0.15, 0.2) is 48.5 Å². The van der Waals surface area contributed by atoms with Gasteiger partial charge in [-0.2, -0.15) is 0 Å². The molecule has 2 atom stereocenters. The number of ether oxygens (including phenoxy) is 1. The molecular weight excluding hydrogens is 432 g/mol. The minimum Gasteiger partial charge on any atom is -0.481 e. The number of alkyl carbamates (subject to hydrolysis) is 1. The molecule has 7 nitrogen and oxygen atoms in total. The van der Waals surface area contributed by atoms with Crippen LogP contribution in [0, 0.1) is 11.3 Å². The van der Waals surface area contributed by atoms with Gasteiger partial charge in [0.25, 0.3) is 0 Å². The summed E-state index contributed by atoms with van der Waals surface area (Å²) in [5.41, 5.74) is 4.37. The number of rotatable bonds is 6. The van der Waals surface area contributed by atoms with Crippen molar-refractivity contribution in [3.05, 3.63) is 59.7 Å². The first-order chi connectivity index (χ1) is 16.4. The molecule has 2 aromatic carbocycles. The van der Waals surface area contributed by atoms with Crippen molar-refractivity contribution in [1.82, 2.24) is 10.2 Å². The molecule has 0 aromatic heterocycles. The summed E-state index contributed by atoms with van der Waals surface area (Å²) in [5, 5.41) is 12.3. The Kier molecular flexibility index (Phi) is 5.80. The Bertz CT molecular complexity index is 1080. The standard InChI is InChI=1S/C27H30N2O5/c1-17(13-24(30)29-14-23(25(31)32)27(16-29)11-6-12-27)28-26(33)34-15-22-20-9-4-2-7-18(20)19-8-3-5-10-21(19)22/h2-5,7-10,17,22-23H,6,11-16H2,1H3,(H,28,33)(H,31,32)/t17-,23?/m0/s1. The Labute approximate surface area is 199 Å². The van der Waals surface area contributed by atoms with Gasteiger partial charge >= 0.3 is 12.1 Å².